The van der Waals surface area contributed by atoms with E-state index in [9.17, 15) is 14.4 Å². The van der Waals surface area contributed by atoms with Crippen LogP contribution in [-0.4, -0.2) is 35.5 Å². The Morgan fingerprint density at radius 3 is 2.35 bits per heavy atom. The number of hydrogen-bond donors (Lipinski definition) is 3. The molecule has 1 atom stereocenters. The average Bonchev–Trinajstić information content (AvgIpc) is 2.38. The third-order valence-electron chi connectivity index (χ3n) is 2.44. The van der Waals surface area contributed by atoms with Crippen molar-refractivity contribution < 1.29 is 24.2 Å². The third kappa shape index (κ3) is 4.60. The number of ether oxygens (including phenoxy) is 1. The van der Waals surface area contributed by atoms with E-state index in [1.54, 1.807) is 12.1 Å². The lowest BCUT2D eigenvalue weighted by Gasteiger charge is -2.13. The van der Waals surface area contributed by atoms with E-state index in [0.717, 1.165) is 0 Å². The van der Waals surface area contributed by atoms with E-state index in [-0.39, 0.29) is 5.56 Å². The zero-order valence-corrected chi connectivity index (χ0v) is 11.0. The van der Waals surface area contributed by atoms with Gasteiger partial charge in [0.05, 0.1) is 13.0 Å². The summed E-state index contributed by atoms with van der Waals surface area (Å²) in [6.07, 6.45) is -0.460. The molecule has 0 aliphatic rings. The van der Waals surface area contributed by atoms with Gasteiger partial charge in [-0.3, -0.25) is 9.59 Å². The number of primary amides is 1. The Bertz CT molecular complexity index is 498. The number of benzene rings is 1. The largest absolute Gasteiger partial charge is 0.494 e. The van der Waals surface area contributed by atoms with Gasteiger partial charge in [0.2, 0.25) is 5.91 Å². The monoisotopic (exact) mass is 280 g/mol. The normalized spacial score (nSPS) is 11.4. The van der Waals surface area contributed by atoms with Crippen molar-refractivity contribution in [1.82, 2.24) is 5.32 Å². The van der Waals surface area contributed by atoms with E-state index in [2.05, 4.69) is 5.32 Å². The lowest BCUT2D eigenvalue weighted by molar-refractivity contribution is -0.140. The van der Waals surface area contributed by atoms with Crippen molar-refractivity contribution in [2.45, 2.75) is 19.4 Å². The summed E-state index contributed by atoms with van der Waals surface area (Å²) in [5.74, 6) is -2.11. The molecule has 0 aliphatic heterocycles. The lowest BCUT2D eigenvalue weighted by atomic mass is 10.1. The predicted octanol–water partition coefficient (Wildman–Crippen LogP) is 0.144. The van der Waals surface area contributed by atoms with Crippen LogP contribution >= 0.6 is 0 Å². The standard InChI is InChI=1S/C13H16N2O5/c1-2-20-9-5-3-8(4-6-9)12(17)15-10(13(18)19)7-11(14)16/h3-6,10H,2,7H2,1H3,(H2,14,16)(H,15,17)(H,18,19)/t10-/m0/s1. The molecule has 1 rings (SSSR count). The number of nitrogens with two attached hydrogens (primary N) is 1. The SMILES string of the molecule is CCOc1ccc(C(=O)N[C@@H](CC(N)=O)C(=O)O)cc1. The fourth-order valence-electron chi connectivity index (χ4n) is 1.51. The quantitative estimate of drug-likeness (QED) is 0.656. The first kappa shape index (κ1) is 15.5. The summed E-state index contributed by atoms with van der Waals surface area (Å²) in [7, 11) is 0. The van der Waals surface area contributed by atoms with Gasteiger partial charge in [-0.25, -0.2) is 4.79 Å². The van der Waals surface area contributed by atoms with Crippen LogP contribution < -0.4 is 15.8 Å². The van der Waals surface area contributed by atoms with Crippen molar-refractivity contribution in [2.24, 2.45) is 5.73 Å². The molecular formula is C13H16N2O5. The topological polar surface area (TPSA) is 119 Å². The second kappa shape index (κ2) is 7.13. The van der Waals surface area contributed by atoms with Gasteiger partial charge in [0, 0.05) is 5.56 Å². The van der Waals surface area contributed by atoms with E-state index in [1.807, 2.05) is 6.92 Å². The molecule has 1 aromatic rings. The van der Waals surface area contributed by atoms with Gasteiger partial charge >= 0.3 is 5.97 Å². The molecule has 0 unspecified atom stereocenters. The highest BCUT2D eigenvalue weighted by Gasteiger charge is 2.22. The maximum atomic E-state index is 11.8. The second-order valence-corrected chi connectivity index (χ2v) is 3.99. The molecule has 2 amide bonds. The van der Waals surface area contributed by atoms with Crippen LogP contribution in [-0.2, 0) is 9.59 Å². The third-order valence-corrected chi connectivity index (χ3v) is 2.44. The van der Waals surface area contributed by atoms with Crippen LogP contribution in [0, 0.1) is 0 Å². The van der Waals surface area contributed by atoms with Crippen LogP contribution in [0.3, 0.4) is 0 Å². The van der Waals surface area contributed by atoms with Crippen molar-refractivity contribution in [3.63, 3.8) is 0 Å². The number of carbonyl (C=O) groups excluding carboxylic acids is 2. The zero-order valence-electron chi connectivity index (χ0n) is 11.0. The minimum absolute atomic E-state index is 0.268. The minimum atomic E-state index is -1.34. The summed E-state index contributed by atoms with van der Waals surface area (Å²) < 4.78 is 5.23. The van der Waals surface area contributed by atoms with Crippen molar-refractivity contribution in [3.8, 4) is 5.75 Å². The van der Waals surface area contributed by atoms with E-state index in [4.69, 9.17) is 15.6 Å². The predicted molar refractivity (Wildman–Crippen MR) is 70.3 cm³/mol. The minimum Gasteiger partial charge on any atom is -0.494 e. The Balaban J connectivity index is 2.73. The molecule has 0 aromatic heterocycles. The van der Waals surface area contributed by atoms with Gasteiger partial charge in [-0.1, -0.05) is 0 Å². The average molecular weight is 280 g/mol. The number of nitrogens with one attached hydrogen (secondary N) is 1. The van der Waals surface area contributed by atoms with E-state index in [1.165, 1.54) is 12.1 Å². The summed E-state index contributed by atoms with van der Waals surface area (Å²) in [5, 5.41) is 11.1. The first-order chi connectivity index (χ1) is 9.43. The van der Waals surface area contributed by atoms with E-state index < -0.39 is 30.2 Å². The first-order valence-corrected chi connectivity index (χ1v) is 5.99. The van der Waals surface area contributed by atoms with Crippen molar-refractivity contribution in [2.75, 3.05) is 6.61 Å². The number of carboxylic acids is 1. The van der Waals surface area contributed by atoms with Gasteiger partial charge in [-0.05, 0) is 31.2 Å². The van der Waals surface area contributed by atoms with E-state index in [0.29, 0.717) is 12.4 Å². The number of amides is 2. The number of carbonyl (C=O) groups is 3. The van der Waals surface area contributed by atoms with E-state index >= 15 is 0 Å². The maximum Gasteiger partial charge on any atom is 0.326 e. The Kier molecular flexibility index (Phi) is 5.52. The summed E-state index contributed by atoms with van der Waals surface area (Å²) in [4.78, 5) is 33.5. The van der Waals surface area contributed by atoms with Crippen molar-refractivity contribution >= 4 is 17.8 Å². The smallest absolute Gasteiger partial charge is 0.326 e. The number of hydrogen-bond acceptors (Lipinski definition) is 4. The van der Waals surface area contributed by atoms with Crippen LogP contribution in [0.5, 0.6) is 5.75 Å². The number of carboxylic acid groups (broad SMARTS) is 1. The Labute approximate surface area is 115 Å². The van der Waals surface area contributed by atoms with Gasteiger partial charge in [-0.2, -0.15) is 0 Å². The van der Waals surface area contributed by atoms with Gasteiger partial charge in [0.1, 0.15) is 11.8 Å². The molecule has 0 radical (unpaired) electrons. The second-order valence-electron chi connectivity index (χ2n) is 3.99. The molecule has 0 spiro atoms. The Morgan fingerprint density at radius 1 is 1.30 bits per heavy atom. The van der Waals surface area contributed by atoms with Gasteiger partial charge in [-0.15, -0.1) is 0 Å². The summed E-state index contributed by atoms with van der Waals surface area (Å²) in [6, 6.07) is 4.86. The van der Waals surface area contributed by atoms with Crippen LogP contribution in [0.2, 0.25) is 0 Å². The number of rotatable bonds is 7. The van der Waals surface area contributed by atoms with Crippen LogP contribution in [0.4, 0.5) is 0 Å². The van der Waals surface area contributed by atoms with Crippen LogP contribution in [0.15, 0.2) is 24.3 Å². The van der Waals surface area contributed by atoms with Gasteiger partial charge < -0.3 is 20.9 Å². The molecule has 0 aliphatic carbocycles. The molecule has 0 bridgehead atoms. The molecule has 0 fully saturated rings. The fourth-order valence-corrected chi connectivity index (χ4v) is 1.51. The van der Waals surface area contributed by atoms with Crippen LogP contribution in [0.1, 0.15) is 23.7 Å². The van der Waals surface area contributed by atoms with Crippen molar-refractivity contribution in [3.05, 3.63) is 29.8 Å². The molecule has 7 nitrogen and oxygen atoms in total. The summed E-state index contributed by atoms with van der Waals surface area (Å²) >= 11 is 0. The molecule has 0 saturated heterocycles. The van der Waals surface area contributed by atoms with Gasteiger partial charge in [0.15, 0.2) is 0 Å². The molecule has 0 saturated carbocycles. The molecule has 20 heavy (non-hydrogen) atoms. The van der Waals surface area contributed by atoms with Crippen LogP contribution in [0.25, 0.3) is 0 Å². The molecule has 1 aromatic carbocycles. The first-order valence-electron chi connectivity index (χ1n) is 5.99. The zero-order chi connectivity index (χ0) is 15.1. The van der Waals surface area contributed by atoms with Crippen molar-refractivity contribution in [1.29, 1.82) is 0 Å². The molecule has 4 N–H and O–H groups in total. The van der Waals surface area contributed by atoms with Gasteiger partial charge in [0.25, 0.3) is 5.91 Å². The fraction of sp³-hybridized carbons (Fsp3) is 0.308. The lowest BCUT2D eigenvalue weighted by Crippen LogP contribution is -2.43. The molecule has 0 heterocycles. The summed E-state index contributed by atoms with van der Waals surface area (Å²) in [6.45, 7) is 2.34. The Morgan fingerprint density at radius 2 is 1.90 bits per heavy atom. The summed E-state index contributed by atoms with van der Waals surface area (Å²) in [5.41, 5.74) is 5.20. The maximum absolute atomic E-state index is 11.8. The molecular weight excluding hydrogens is 264 g/mol. The molecule has 7 heteroatoms. The Hall–Kier alpha value is -2.57. The molecule has 108 valence electrons. The number of aliphatic carboxylic acids is 1. The highest BCUT2D eigenvalue weighted by Crippen LogP contribution is 2.12. The highest BCUT2D eigenvalue weighted by molar-refractivity contribution is 5.97. The highest BCUT2D eigenvalue weighted by atomic mass is 16.5.